The van der Waals surface area contributed by atoms with Crippen LogP contribution >= 0.6 is 0 Å². The fourth-order valence-corrected chi connectivity index (χ4v) is 2.26. The Hall–Kier alpha value is -1.99. The molecule has 1 aliphatic heterocycles. The highest BCUT2D eigenvalue weighted by Crippen LogP contribution is 2.32. The van der Waals surface area contributed by atoms with Gasteiger partial charge in [0.2, 0.25) is 0 Å². The number of fused-ring (bicyclic) bond motifs is 1. The maximum atomic E-state index is 6.01. The number of amidine groups is 1. The maximum Gasteiger partial charge on any atom is 0.161 e. The molecule has 0 amide bonds. The number of hydrazone groups is 1. The molecule has 2 unspecified atom stereocenters. The smallest absolute Gasteiger partial charge is 0.161 e. The molecule has 21 heavy (non-hydrogen) atoms. The van der Waals surface area contributed by atoms with Crippen molar-refractivity contribution in [1.82, 2.24) is 10.4 Å². The summed E-state index contributed by atoms with van der Waals surface area (Å²) in [5.74, 6) is 7.90. The average molecular weight is 293 g/mol. The van der Waals surface area contributed by atoms with Crippen LogP contribution in [0, 0.1) is 0 Å². The van der Waals surface area contributed by atoms with Crippen LogP contribution in [0.5, 0.6) is 11.5 Å². The van der Waals surface area contributed by atoms with Gasteiger partial charge in [-0.3, -0.25) is 0 Å². The molecule has 0 radical (unpaired) electrons. The molecule has 0 saturated heterocycles. The van der Waals surface area contributed by atoms with Crippen LogP contribution in [0.3, 0.4) is 0 Å². The Morgan fingerprint density at radius 3 is 2.86 bits per heavy atom. The van der Waals surface area contributed by atoms with Gasteiger partial charge >= 0.3 is 0 Å². The van der Waals surface area contributed by atoms with Crippen LogP contribution in [0.4, 0.5) is 0 Å². The first kappa shape index (κ1) is 15.4. The van der Waals surface area contributed by atoms with E-state index in [1.165, 1.54) is 5.12 Å². The van der Waals surface area contributed by atoms with Crippen LogP contribution in [0.25, 0.3) is 0 Å². The number of rotatable bonds is 6. The summed E-state index contributed by atoms with van der Waals surface area (Å²) in [6, 6.07) is 7.46. The molecule has 0 aliphatic carbocycles. The van der Waals surface area contributed by atoms with Gasteiger partial charge in [0.25, 0.3) is 0 Å². The van der Waals surface area contributed by atoms with Gasteiger partial charge in [-0.15, -0.1) is 5.10 Å². The van der Waals surface area contributed by atoms with Gasteiger partial charge in [0.15, 0.2) is 17.6 Å². The zero-order valence-corrected chi connectivity index (χ0v) is 12.5. The zero-order chi connectivity index (χ0) is 15.2. The van der Waals surface area contributed by atoms with E-state index in [0.29, 0.717) is 12.4 Å². The summed E-state index contributed by atoms with van der Waals surface area (Å²) in [5, 5.41) is 8.58. The molecular formula is C14H23N5O2. The van der Waals surface area contributed by atoms with E-state index in [2.05, 4.69) is 10.4 Å². The molecule has 1 aromatic rings. The Morgan fingerprint density at radius 1 is 1.48 bits per heavy atom. The van der Waals surface area contributed by atoms with Crippen molar-refractivity contribution < 1.29 is 9.47 Å². The standard InChI is InChI=1S/C14H23N5O2/c1-10(15)18-19(16)11(7-8-17-2)14-9-20-12-5-3-4-6-13(12)21-14/h3-6,11,14,17H,7-9,16H2,1-2H3,(H2,15,18). The van der Waals surface area contributed by atoms with Crippen LogP contribution in [-0.4, -0.2) is 43.3 Å². The molecule has 0 aromatic heterocycles. The second-order valence-corrected chi connectivity index (χ2v) is 5.00. The molecule has 1 aliphatic rings. The predicted molar refractivity (Wildman–Crippen MR) is 82.0 cm³/mol. The van der Waals surface area contributed by atoms with Crippen LogP contribution in [0.1, 0.15) is 13.3 Å². The van der Waals surface area contributed by atoms with Crippen LogP contribution in [0.15, 0.2) is 29.4 Å². The summed E-state index contributed by atoms with van der Waals surface area (Å²) in [6.07, 6.45) is 0.557. The SMILES string of the molecule is CNCCC(C1COc2ccccc2O1)N(N)/N=C(/C)N. The van der Waals surface area contributed by atoms with Crippen LogP contribution < -0.4 is 26.4 Å². The minimum Gasteiger partial charge on any atom is -0.486 e. The average Bonchev–Trinajstić information content (AvgIpc) is 2.46. The van der Waals surface area contributed by atoms with E-state index in [4.69, 9.17) is 21.1 Å². The normalized spacial score (nSPS) is 19.2. The number of nitrogens with zero attached hydrogens (tertiary/aromatic N) is 2. The van der Waals surface area contributed by atoms with Crippen molar-refractivity contribution in [2.24, 2.45) is 16.7 Å². The predicted octanol–water partition coefficient (Wildman–Crippen LogP) is 0.272. The Bertz CT molecular complexity index is 490. The molecule has 0 saturated carbocycles. The summed E-state index contributed by atoms with van der Waals surface area (Å²) in [6.45, 7) is 2.92. The third kappa shape index (κ3) is 3.99. The Labute approximate surface area is 124 Å². The molecule has 5 N–H and O–H groups in total. The molecule has 1 aromatic carbocycles. The molecule has 0 spiro atoms. The highest BCUT2D eigenvalue weighted by atomic mass is 16.6. The number of ether oxygens (including phenoxy) is 2. The molecule has 2 rings (SSSR count). The van der Waals surface area contributed by atoms with Crippen molar-refractivity contribution in [2.75, 3.05) is 20.2 Å². The number of hydrazine groups is 1. The Morgan fingerprint density at radius 2 is 2.19 bits per heavy atom. The molecular weight excluding hydrogens is 270 g/mol. The number of para-hydroxylation sites is 2. The van der Waals surface area contributed by atoms with E-state index in [-0.39, 0.29) is 12.1 Å². The lowest BCUT2D eigenvalue weighted by molar-refractivity contribution is 0.0105. The molecule has 7 heteroatoms. The van der Waals surface area contributed by atoms with Crippen molar-refractivity contribution in [3.05, 3.63) is 24.3 Å². The highest BCUT2D eigenvalue weighted by Gasteiger charge is 2.31. The van der Waals surface area contributed by atoms with Crippen molar-refractivity contribution in [3.8, 4) is 11.5 Å². The van der Waals surface area contributed by atoms with E-state index >= 15 is 0 Å². The highest BCUT2D eigenvalue weighted by molar-refractivity contribution is 5.77. The van der Waals surface area contributed by atoms with Crippen molar-refractivity contribution in [2.45, 2.75) is 25.5 Å². The fraction of sp³-hybridized carbons (Fsp3) is 0.500. The number of hydrogen-bond acceptors (Lipinski definition) is 6. The van der Waals surface area contributed by atoms with Crippen molar-refractivity contribution in [3.63, 3.8) is 0 Å². The van der Waals surface area contributed by atoms with Crippen LogP contribution in [-0.2, 0) is 0 Å². The maximum absolute atomic E-state index is 6.01. The topological polar surface area (TPSA) is 98.1 Å². The quantitative estimate of drug-likeness (QED) is 0.301. The summed E-state index contributed by atoms with van der Waals surface area (Å²) in [4.78, 5) is 0. The number of nitrogens with two attached hydrogens (primary N) is 2. The lowest BCUT2D eigenvalue weighted by atomic mass is 10.1. The number of hydrogen-bond donors (Lipinski definition) is 3. The van der Waals surface area contributed by atoms with Gasteiger partial charge in [-0.2, -0.15) is 0 Å². The Balaban J connectivity index is 2.12. The monoisotopic (exact) mass is 293 g/mol. The minimum absolute atomic E-state index is 0.135. The number of benzene rings is 1. The molecule has 0 bridgehead atoms. The van der Waals surface area contributed by atoms with E-state index < -0.39 is 0 Å². The van der Waals surface area contributed by atoms with E-state index in [1.54, 1.807) is 6.92 Å². The van der Waals surface area contributed by atoms with Crippen LogP contribution in [0.2, 0.25) is 0 Å². The largest absolute Gasteiger partial charge is 0.486 e. The van der Waals surface area contributed by atoms with Gasteiger partial charge in [-0.1, -0.05) is 12.1 Å². The third-order valence-electron chi connectivity index (χ3n) is 3.26. The van der Waals surface area contributed by atoms with Gasteiger partial charge < -0.3 is 20.5 Å². The molecule has 2 atom stereocenters. The van der Waals surface area contributed by atoms with Gasteiger partial charge in [0, 0.05) is 0 Å². The molecule has 116 valence electrons. The minimum atomic E-state index is -0.207. The summed E-state index contributed by atoms with van der Waals surface area (Å²) < 4.78 is 11.8. The molecule has 1 heterocycles. The second-order valence-electron chi connectivity index (χ2n) is 5.00. The third-order valence-corrected chi connectivity index (χ3v) is 3.26. The Kier molecular flexibility index (Phi) is 5.24. The lowest BCUT2D eigenvalue weighted by Crippen LogP contribution is -2.52. The summed E-state index contributed by atoms with van der Waals surface area (Å²) >= 11 is 0. The van der Waals surface area contributed by atoms with Gasteiger partial charge in [0.05, 0.1) is 0 Å². The van der Waals surface area contributed by atoms with Crippen molar-refractivity contribution >= 4 is 5.84 Å². The zero-order valence-electron chi connectivity index (χ0n) is 12.5. The van der Waals surface area contributed by atoms with Gasteiger partial charge in [-0.05, 0) is 39.1 Å². The first-order valence-corrected chi connectivity index (χ1v) is 6.99. The van der Waals surface area contributed by atoms with Gasteiger partial charge in [-0.25, -0.2) is 11.0 Å². The van der Waals surface area contributed by atoms with E-state index in [0.717, 1.165) is 24.5 Å². The van der Waals surface area contributed by atoms with Crippen molar-refractivity contribution in [1.29, 1.82) is 0 Å². The fourth-order valence-electron chi connectivity index (χ4n) is 2.26. The first-order chi connectivity index (χ1) is 10.1. The number of nitrogens with one attached hydrogen (secondary N) is 1. The summed E-state index contributed by atoms with van der Waals surface area (Å²) in [7, 11) is 1.89. The van der Waals surface area contributed by atoms with E-state index in [1.807, 2.05) is 31.3 Å². The second kappa shape index (κ2) is 7.14. The first-order valence-electron chi connectivity index (χ1n) is 6.99. The molecule has 7 nitrogen and oxygen atoms in total. The molecule has 0 fully saturated rings. The van der Waals surface area contributed by atoms with Gasteiger partial charge in [0.1, 0.15) is 18.5 Å². The summed E-state index contributed by atoms with van der Waals surface area (Å²) in [5.41, 5.74) is 5.61. The lowest BCUT2D eigenvalue weighted by Gasteiger charge is -2.35. The van der Waals surface area contributed by atoms with E-state index in [9.17, 15) is 0 Å².